The number of halogens is 3. The predicted molar refractivity (Wildman–Crippen MR) is 110 cm³/mol. The van der Waals surface area contributed by atoms with Crippen LogP contribution in [0, 0.1) is 11.5 Å². The molecule has 0 spiro atoms. The maximum absolute atomic E-state index is 13.6. The lowest BCUT2D eigenvalue weighted by Gasteiger charge is -2.32. The molecule has 0 saturated carbocycles. The highest BCUT2D eigenvalue weighted by Crippen LogP contribution is 2.35. The highest BCUT2D eigenvalue weighted by Gasteiger charge is 2.36. The van der Waals surface area contributed by atoms with Crippen molar-refractivity contribution >= 4 is 29.3 Å². The number of hydrogen-bond acceptors (Lipinski definition) is 8. The maximum Gasteiger partial charge on any atom is 0.421 e. The molecule has 4 N–H and O–H groups in total. The Bertz CT molecular complexity index is 1070. The molecular weight excluding hydrogens is 443 g/mol. The highest BCUT2D eigenvalue weighted by molar-refractivity contribution is 6.01. The lowest BCUT2D eigenvalue weighted by Crippen LogP contribution is -2.46. The predicted octanol–water partition coefficient (Wildman–Crippen LogP) is 1.85. The summed E-state index contributed by atoms with van der Waals surface area (Å²) in [5, 5.41) is 25.1. The number of nitrogens with zero attached hydrogens (tertiary/aromatic N) is 4. The summed E-state index contributed by atoms with van der Waals surface area (Å²) in [4.78, 5) is 33.0. The second kappa shape index (κ2) is 10.1. The normalized spacial score (nSPS) is 16.0. The molecule has 0 bridgehead atoms. The summed E-state index contributed by atoms with van der Waals surface area (Å²) < 4.78 is 40.7. The largest absolute Gasteiger partial charge is 0.421 e. The van der Waals surface area contributed by atoms with E-state index in [-0.39, 0.29) is 29.8 Å². The van der Waals surface area contributed by atoms with Gasteiger partial charge in [0.1, 0.15) is 18.0 Å². The molecule has 1 aliphatic heterocycles. The van der Waals surface area contributed by atoms with Gasteiger partial charge < -0.3 is 20.6 Å². The first-order valence-electron chi connectivity index (χ1n) is 9.87. The van der Waals surface area contributed by atoms with E-state index in [0.29, 0.717) is 25.6 Å². The number of aliphatic hydroxyl groups is 1. The number of para-hydroxylation sites is 1. The fraction of sp³-hybridized carbons (Fsp3) is 0.350. The molecule has 3 rings (SSSR count). The molecule has 1 saturated heterocycles. The van der Waals surface area contributed by atoms with Gasteiger partial charge in [-0.25, -0.2) is 4.98 Å². The van der Waals surface area contributed by atoms with Gasteiger partial charge in [0.25, 0.3) is 5.91 Å². The van der Waals surface area contributed by atoms with Crippen molar-refractivity contribution in [3.8, 4) is 6.19 Å². The molecule has 10 nitrogen and oxygen atoms in total. The van der Waals surface area contributed by atoms with E-state index >= 15 is 0 Å². The van der Waals surface area contributed by atoms with Crippen LogP contribution in [0.5, 0.6) is 0 Å². The summed E-state index contributed by atoms with van der Waals surface area (Å²) in [5.41, 5.74) is -1.19. The number of benzene rings is 1. The molecule has 2 amide bonds. The molecule has 1 aromatic heterocycles. The second-order valence-corrected chi connectivity index (χ2v) is 7.17. The van der Waals surface area contributed by atoms with Crippen molar-refractivity contribution in [2.45, 2.75) is 25.1 Å². The lowest BCUT2D eigenvalue weighted by molar-refractivity contribution is -0.137. The van der Waals surface area contributed by atoms with Crippen LogP contribution in [0.3, 0.4) is 0 Å². The average Bonchev–Trinajstić information content (AvgIpc) is 2.78. The third kappa shape index (κ3) is 5.86. The van der Waals surface area contributed by atoms with Gasteiger partial charge in [0.15, 0.2) is 6.19 Å². The number of carbonyl (C=O) groups excluding carboxylic acids is 2. The Morgan fingerprint density at radius 2 is 2.06 bits per heavy atom. The molecule has 2 heterocycles. The molecule has 1 atom stereocenters. The first-order valence-corrected chi connectivity index (χ1v) is 9.87. The van der Waals surface area contributed by atoms with Gasteiger partial charge >= 0.3 is 6.18 Å². The Kier molecular flexibility index (Phi) is 7.29. The molecule has 1 aliphatic rings. The number of amides is 2. The van der Waals surface area contributed by atoms with Crippen LogP contribution in [0.25, 0.3) is 0 Å². The van der Waals surface area contributed by atoms with Crippen LogP contribution in [0.4, 0.5) is 30.6 Å². The summed E-state index contributed by atoms with van der Waals surface area (Å²) in [6.45, 7) is 0.0832. The van der Waals surface area contributed by atoms with E-state index in [1.54, 1.807) is 0 Å². The van der Waals surface area contributed by atoms with Gasteiger partial charge in [-0.1, -0.05) is 12.1 Å². The Balaban J connectivity index is 1.89. The van der Waals surface area contributed by atoms with E-state index < -0.39 is 36.0 Å². The van der Waals surface area contributed by atoms with Gasteiger partial charge in [-0.15, -0.1) is 0 Å². The van der Waals surface area contributed by atoms with Crippen molar-refractivity contribution in [2.75, 3.05) is 30.3 Å². The summed E-state index contributed by atoms with van der Waals surface area (Å²) in [6.07, 6.45) is -1.42. The van der Waals surface area contributed by atoms with E-state index in [2.05, 4.69) is 20.6 Å². The topological polar surface area (TPSA) is 143 Å². The third-order valence-electron chi connectivity index (χ3n) is 4.93. The number of aliphatic hydroxyl groups excluding tert-OH is 1. The van der Waals surface area contributed by atoms with Gasteiger partial charge in [0.05, 0.1) is 11.3 Å². The standard InChI is InChI=1S/C20H20F3N7O3/c21-20(22,23)14-8-25-19(27-12-4-3-7-30(9-12)16(32)10-31)29-17(14)28-15-6-2-1-5-13(15)18(33)26-11-24/h1-2,5-6,8,12,31H,3-4,7,9-10H2,(H,26,33)(H2,25,27,28,29)/t12-/m0/s1. The Hall–Kier alpha value is -3.92. The second-order valence-electron chi connectivity index (χ2n) is 7.17. The third-order valence-corrected chi connectivity index (χ3v) is 4.93. The van der Waals surface area contributed by atoms with Crippen LogP contribution in [0.15, 0.2) is 30.5 Å². The summed E-state index contributed by atoms with van der Waals surface area (Å²) in [7, 11) is 0. The summed E-state index contributed by atoms with van der Waals surface area (Å²) >= 11 is 0. The fourth-order valence-corrected chi connectivity index (χ4v) is 3.39. The van der Waals surface area contributed by atoms with Crippen molar-refractivity contribution in [3.05, 3.63) is 41.6 Å². The molecule has 174 valence electrons. The maximum atomic E-state index is 13.6. The van der Waals surface area contributed by atoms with Crippen LogP contribution in [0.1, 0.15) is 28.8 Å². The van der Waals surface area contributed by atoms with Gasteiger partial charge in [-0.3, -0.25) is 14.9 Å². The zero-order valence-corrected chi connectivity index (χ0v) is 17.2. The van der Waals surface area contributed by atoms with Crippen molar-refractivity contribution in [1.82, 2.24) is 20.2 Å². The summed E-state index contributed by atoms with van der Waals surface area (Å²) in [5.74, 6) is -1.93. The minimum absolute atomic E-state index is 0.0118. The van der Waals surface area contributed by atoms with Crippen LogP contribution in [0.2, 0.25) is 0 Å². The number of nitrogens with one attached hydrogen (secondary N) is 3. The van der Waals surface area contributed by atoms with E-state index in [1.807, 2.05) is 5.32 Å². The van der Waals surface area contributed by atoms with Crippen molar-refractivity contribution in [2.24, 2.45) is 0 Å². The minimum atomic E-state index is -4.78. The molecule has 0 unspecified atom stereocenters. The SMILES string of the molecule is N#CNC(=O)c1ccccc1Nc1nc(N[C@H]2CCCN(C(=O)CO)C2)ncc1C(F)(F)F. The van der Waals surface area contributed by atoms with Crippen LogP contribution >= 0.6 is 0 Å². The number of alkyl halides is 3. The Labute approximate surface area is 186 Å². The molecule has 0 radical (unpaired) electrons. The van der Waals surface area contributed by atoms with Gasteiger partial charge in [0.2, 0.25) is 11.9 Å². The minimum Gasteiger partial charge on any atom is -0.387 e. The van der Waals surface area contributed by atoms with E-state index in [1.165, 1.54) is 35.4 Å². The first-order chi connectivity index (χ1) is 15.7. The van der Waals surface area contributed by atoms with Crippen LogP contribution < -0.4 is 16.0 Å². The van der Waals surface area contributed by atoms with Crippen molar-refractivity contribution < 1.29 is 27.9 Å². The molecule has 1 aromatic carbocycles. The lowest BCUT2D eigenvalue weighted by atomic mass is 10.1. The number of likely N-dealkylation sites (tertiary alicyclic amines) is 1. The highest BCUT2D eigenvalue weighted by atomic mass is 19.4. The average molecular weight is 463 g/mol. The van der Waals surface area contributed by atoms with Gasteiger partial charge in [-0.2, -0.15) is 23.4 Å². The quantitative estimate of drug-likeness (QED) is 0.375. The smallest absolute Gasteiger partial charge is 0.387 e. The number of rotatable bonds is 6. The molecular formula is C20H20F3N7O3. The van der Waals surface area contributed by atoms with Crippen LogP contribution in [-0.4, -0.2) is 57.5 Å². The van der Waals surface area contributed by atoms with Gasteiger partial charge in [0, 0.05) is 25.3 Å². The van der Waals surface area contributed by atoms with E-state index in [9.17, 15) is 22.8 Å². The van der Waals surface area contributed by atoms with E-state index in [4.69, 9.17) is 10.4 Å². The number of carbonyl (C=O) groups is 2. The van der Waals surface area contributed by atoms with Gasteiger partial charge in [-0.05, 0) is 25.0 Å². The number of hydrogen-bond donors (Lipinski definition) is 4. The fourth-order valence-electron chi connectivity index (χ4n) is 3.39. The zero-order valence-electron chi connectivity index (χ0n) is 17.2. The molecule has 0 aliphatic carbocycles. The molecule has 1 fully saturated rings. The zero-order chi connectivity index (χ0) is 24.0. The van der Waals surface area contributed by atoms with E-state index in [0.717, 1.165) is 0 Å². The Morgan fingerprint density at radius 3 is 2.76 bits per heavy atom. The number of anilines is 3. The first kappa shape index (κ1) is 23.7. The monoisotopic (exact) mass is 463 g/mol. The molecule has 33 heavy (non-hydrogen) atoms. The number of nitriles is 1. The Morgan fingerprint density at radius 1 is 1.30 bits per heavy atom. The van der Waals surface area contributed by atoms with Crippen molar-refractivity contribution in [3.63, 3.8) is 0 Å². The molecule has 13 heteroatoms. The number of piperidine rings is 1. The number of aromatic nitrogens is 2. The summed E-state index contributed by atoms with van der Waals surface area (Å²) in [6, 6.07) is 5.40. The van der Waals surface area contributed by atoms with Crippen molar-refractivity contribution in [1.29, 1.82) is 5.26 Å². The molecule has 2 aromatic rings. The van der Waals surface area contributed by atoms with Crippen LogP contribution in [-0.2, 0) is 11.0 Å².